The highest BCUT2D eigenvalue weighted by Gasteiger charge is 2.23. The van der Waals surface area contributed by atoms with Gasteiger partial charge >= 0.3 is 16.4 Å². The van der Waals surface area contributed by atoms with Gasteiger partial charge in [-0.15, -0.1) is 0 Å². The Balaban J connectivity index is 4.49. The van der Waals surface area contributed by atoms with E-state index in [1.165, 1.54) is 0 Å². The van der Waals surface area contributed by atoms with Gasteiger partial charge in [0.25, 0.3) is 0 Å². The smallest absolute Gasteiger partial charge is 0.351 e. The molecule has 0 bridgehead atoms. The zero-order valence-corrected chi connectivity index (χ0v) is 6.77. The number of halogens is 1. The van der Waals surface area contributed by atoms with Crippen LogP contribution in [0.5, 0.6) is 0 Å². The molecule has 0 fully saturated rings. The maximum absolute atomic E-state index is 12.1. The summed E-state index contributed by atoms with van der Waals surface area (Å²) in [6.45, 7) is 1.37. The molecule has 0 aliphatic heterocycles. The molecule has 0 aromatic rings. The molecule has 66 valence electrons. The molecular weight excluding hydrogens is 175 g/mol. The summed E-state index contributed by atoms with van der Waals surface area (Å²) in [4.78, 5) is 10.3. The van der Waals surface area contributed by atoms with E-state index in [-0.39, 0.29) is 10.8 Å². The number of amides is 2. The van der Waals surface area contributed by atoms with Crippen molar-refractivity contribution < 1.29 is 17.1 Å². The van der Waals surface area contributed by atoms with Crippen molar-refractivity contribution in [3.63, 3.8) is 0 Å². The Labute approximate surface area is 64.3 Å². The number of nitrogens with zero attached hydrogens (tertiary/aromatic N) is 1. The van der Waals surface area contributed by atoms with E-state index in [9.17, 15) is 17.1 Å². The van der Waals surface area contributed by atoms with Gasteiger partial charge in [0.1, 0.15) is 0 Å². The van der Waals surface area contributed by atoms with Gasteiger partial charge in [0.2, 0.25) is 0 Å². The number of carbonyl (C=O) groups is 1. The standard InChI is InChI=1S/C4H9FN2O3S/c1-2-3-7(4(6)8)11(5,9)10/h2-3H2,1H3,(H2,6,8). The second kappa shape index (κ2) is 3.51. The summed E-state index contributed by atoms with van der Waals surface area (Å²) in [5.74, 6) is 0. The van der Waals surface area contributed by atoms with E-state index in [2.05, 4.69) is 5.73 Å². The first-order chi connectivity index (χ1) is 4.89. The average Bonchev–Trinajstić information content (AvgIpc) is 1.79. The van der Waals surface area contributed by atoms with E-state index in [0.717, 1.165) is 0 Å². The molecule has 0 saturated heterocycles. The highest BCUT2D eigenvalue weighted by atomic mass is 32.3. The third kappa shape index (κ3) is 3.17. The van der Waals surface area contributed by atoms with Gasteiger partial charge in [-0.05, 0) is 6.42 Å². The van der Waals surface area contributed by atoms with Crippen molar-refractivity contribution in [1.82, 2.24) is 4.31 Å². The molecule has 2 amide bonds. The van der Waals surface area contributed by atoms with Crippen LogP contribution in [0.15, 0.2) is 0 Å². The van der Waals surface area contributed by atoms with Crippen molar-refractivity contribution in [2.24, 2.45) is 5.73 Å². The van der Waals surface area contributed by atoms with Crippen LogP contribution in [-0.2, 0) is 10.4 Å². The molecule has 0 heterocycles. The van der Waals surface area contributed by atoms with Gasteiger partial charge < -0.3 is 5.73 Å². The first kappa shape index (κ1) is 10.2. The van der Waals surface area contributed by atoms with E-state index >= 15 is 0 Å². The van der Waals surface area contributed by atoms with E-state index in [0.29, 0.717) is 6.42 Å². The average molecular weight is 184 g/mol. The molecule has 0 unspecified atom stereocenters. The van der Waals surface area contributed by atoms with Gasteiger partial charge in [-0.2, -0.15) is 12.7 Å². The summed E-state index contributed by atoms with van der Waals surface area (Å²) in [6.07, 6.45) is 0.325. The van der Waals surface area contributed by atoms with Gasteiger partial charge in [0, 0.05) is 6.54 Å². The molecule has 0 aliphatic carbocycles. The molecule has 0 rings (SSSR count). The Bertz CT molecular complexity index is 238. The molecule has 2 N–H and O–H groups in total. The Morgan fingerprint density at radius 1 is 1.64 bits per heavy atom. The highest BCUT2D eigenvalue weighted by Crippen LogP contribution is 2.02. The number of rotatable bonds is 3. The van der Waals surface area contributed by atoms with Gasteiger partial charge in [-0.3, -0.25) is 0 Å². The molecule has 5 nitrogen and oxygen atoms in total. The summed E-state index contributed by atoms with van der Waals surface area (Å²) in [6, 6.07) is -1.30. The fourth-order valence-corrected chi connectivity index (χ4v) is 1.15. The fraction of sp³-hybridized carbons (Fsp3) is 0.750. The van der Waals surface area contributed by atoms with Crippen molar-refractivity contribution in [2.45, 2.75) is 13.3 Å². The van der Waals surface area contributed by atoms with E-state index in [1.807, 2.05) is 0 Å². The molecular formula is C4H9FN2O3S. The normalized spacial score (nSPS) is 11.1. The Hall–Kier alpha value is -0.850. The summed E-state index contributed by atoms with van der Waals surface area (Å²) in [7, 11) is -4.97. The number of nitrogens with two attached hydrogens (primary N) is 1. The summed E-state index contributed by atoms with van der Waals surface area (Å²) in [5.41, 5.74) is 4.58. The monoisotopic (exact) mass is 184 g/mol. The van der Waals surface area contributed by atoms with Gasteiger partial charge in [-0.25, -0.2) is 4.79 Å². The molecule has 0 atom stereocenters. The SMILES string of the molecule is CCCN(C(N)=O)S(=O)(=O)F. The number of hydrogen-bond acceptors (Lipinski definition) is 3. The quantitative estimate of drug-likeness (QED) is 0.626. The lowest BCUT2D eigenvalue weighted by Gasteiger charge is -2.12. The minimum Gasteiger partial charge on any atom is -0.351 e. The van der Waals surface area contributed by atoms with Crippen LogP contribution in [0.25, 0.3) is 0 Å². The zero-order valence-electron chi connectivity index (χ0n) is 5.95. The number of primary amides is 1. The molecule has 0 aromatic heterocycles. The maximum Gasteiger partial charge on any atom is 0.403 e. The predicted octanol–water partition coefficient (Wildman–Crippen LogP) is -0.00860. The third-order valence-corrected chi connectivity index (χ3v) is 1.82. The van der Waals surface area contributed by atoms with E-state index in [4.69, 9.17) is 0 Å². The lowest BCUT2D eigenvalue weighted by atomic mass is 10.5. The van der Waals surface area contributed by atoms with Crippen LogP contribution < -0.4 is 5.73 Å². The van der Waals surface area contributed by atoms with Crippen LogP contribution in [-0.4, -0.2) is 25.3 Å². The van der Waals surface area contributed by atoms with Crippen LogP contribution in [0.4, 0.5) is 8.68 Å². The molecule has 0 saturated carbocycles. The van der Waals surface area contributed by atoms with Crippen LogP contribution >= 0.6 is 0 Å². The summed E-state index contributed by atoms with van der Waals surface area (Å²) >= 11 is 0. The minimum absolute atomic E-state index is 0.0208. The first-order valence-electron chi connectivity index (χ1n) is 2.91. The second-order valence-corrected chi connectivity index (χ2v) is 3.12. The van der Waals surface area contributed by atoms with Crippen molar-refractivity contribution in [1.29, 1.82) is 0 Å². The summed E-state index contributed by atoms with van der Waals surface area (Å²) < 4.78 is 32.3. The molecule has 0 aliphatic rings. The summed E-state index contributed by atoms with van der Waals surface area (Å²) in [5, 5.41) is 0. The number of hydrogen-bond donors (Lipinski definition) is 1. The minimum atomic E-state index is -4.97. The van der Waals surface area contributed by atoms with Gasteiger partial charge in [0.15, 0.2) is 0 Å². The fourth-order valence-electron chi connectivity index (χ4n) is 0.530. The third-order valence-electron chi connectivity index (χ3n) is 0.936. The molecule has 0 spiro atoms. The number of carbonyl (C=O) groups excluding carboxylic acids is 1. The Morgan fingerprint density at radius 3 is 2.18 bits per heavy atom. The molecule has 11 heavy (non-hydrogen) atoms. The van der Waals surface area contributed by atoms with Crippen LogP contribution in [0, 0.1) is 0 Å². The zero-order chi connectivity index (χ0) is 9.07. The molecule has 0 radical (unpaired) electrons. The first-order valence-corrected chi connectivity index (χ1v) is 4.25. The molecule has 0 aromatic carbocycles. The van der Waals surface area contributed by atoms with Crippen molar-refractivity contribution in [3.8, 4) is 0 Å². The maximum atomic E-state index is 12.1. The Kier molecular flexibility index (Phi) is 3.24. The van der Waals surface area contributed by atoms with Crippen LogP contribution in [0.2, 0.25) is 0 Å². The van der Waals surface area contributed by atoms with Crippen LogP contribution in [0.1, 0.15) is 13.3 Å². The van der Waals surface area contributed by atoms with Crippen LogP contribution in [0.3, 0.4) is 0 Å². The largest absolute Gasteiger partial charge is 0.403 e. The van der Waals surface area contributed by atoms with Crippen molar-refractivity contribution in [3.05, 3.63) is 0 Å². The second-order valence-electron chi connectivity index (χ2n) is 1.85. The lowest BCUT2D eigenvalue weighted by molar-refractivity contribution is 0.230. The number of urea groups is 1. The van der Waals surface area contributed by atoms with Gasteiger partial charge in [-0.1, -0.05) is 10.8 Å². The topological polar surface area (TPSA) is 80.5 Å². The van der Waals surface area contributed by atoms with Crippen molar-refractivity contribution in [2.75, 3.05) is 6.54 Å². The molecule has 7 heteroatoms. The van der Waals surface area contributed by atoms with E-state index in [1.54, 1.807) is 6.92 Å². The highest BCUT2D eigenvalue weighted by molar-refractivity contribution is 7.84. The Morgan fingerprint density at radius 2 is 2.09 bits per heavy atom. The van der Waals surface area contributed by atoms with Gasteiger partial charge in [0.05, 0.1) is 0 Å². The lowest BCUT2D eigenvalue weighted by Crippen LogP contribution is -2.38. The van der Waals surface area contributed by atoms with Crippen molar-refractivity contribution >= 4 is 16.4 Å². The predicted molar refractivity (Wildman–Crippen MR) is 36.6 cm³/mol. The van der Waals surface area contributed by atoms with E-state index < -0.39 is 16.4 Å².